The van der Waals surface area contributed by atoms with E-state index in [0.29, 0.717) is 18.7 Å². The van der Waals surface area contributed by atoms with Crippen LogP contribution in [-0.4, -0.2) is 22.3 Å². The molecule has 1 fully saturated rings. The smallest absolute Gasteiger partial charge is 0.228 e. The van der Waals surface area contributed by atoms with Gasteiger partial charge in [0.05, 0.1) is 0 Å². The Kier molecular flexibility index (Phi) is 2.69. The van der Waals surface area contributed by atoms with E-state index in [1.807, 2.05) is 6.07 Å². The predicted molar refractivity (Wildman–Crippen MR) is 58.6 cm³/mol. The third-order valence-corrected chi connectivity index (χ3v) is 2.86. The lowest BCUT2D eigenvalue weighted by Gasteiger charge is -2.15. The molecule has 0 N–H and O–H groups in total. The third kappa shape index (κ3) is 2.00. The Morgan fingerprint density at radius 2 is 2.47 bits per heavy atom. The summed E-state index contributed by atoms with van der Waals surface area (Å²) >= 11 is 3.41. The first-order chi connectivity index (χ1) is 7.20. The standard InChI is InChI=1S/C10H8BrN3O/c11-7-3-10(15)14(6-7)9-1-2-13-8(4-9)5-12/h1-2,4,7H,3,6H2. The van der Waals surface area contributed by atoms with Crippen LogP contribution in [0, 0.1) is 11.3 Å². The number of aromatic nitrogens is 1. The number of nitrogens with zero attached hydrogens (tertiary/aromatic N) is 3. The molecule has 2 heterocycles. The molecule has 2 rings (SSSR count). The van der Waals surface area contributed by atoms with Gasteiger partial charge in [-0.15, -0.1) is 0 Å². The van der Waals surface area contributed by atoms with Gasteiger partial charge in [-0.25, -0.2) is 4.98 Å². The molecule has 1 saturated heterocycles. The lowest BCUT2D eigenvalue weighted by Crippen LogP contribution is -2.24. The first-order valence-electron chi connectivity index (χ1n) is 4.51. The van der Waals surface area contributed by atoms with Crippen LogP contribution in [0.2, 0.25) is 0 Å². The van der Waals surface area contributed by atoms with Crippen LogP contribution in [0.15, 0.2) is 18.3 Å². The molecule has 76 valence electrons. The second kappa shape index (κ2) is 3.99. The van der Waals surface area contributed by atoms with E-state index in [0.717, 1.165) is 5.69 Å². The number of rotatable bonds is 1. The lowest BCUT2D eigenvalue weighted by atomic mass is 10.3. The number of halogens is 1. The maximum atomic E-state index is 11.6. The largest absolute Gasteiger partial charge is 0.311 e. The maximum Gasteiger partial charge on any atom is 0.228 e. The van der Waals surface area contributed by atoms with Crippen LogP contribution < -0.4 is 4.90 Å². The van der Waals surface area contributed by atoms with Crippen molar-refractivity contribution in [1.29, 1.82) is 5.26 Å². The highest BCUT2D eigenvalue weighted by Gasteiger charge is 2.28. The third-order valence-electron chi connectivity index (χ3n) is 2.25. The van der Waals surface area contributed by atoms with Crippen LogP contribution in [0.4, 0.5) is 5.69 Å². The Hall–Kier alpha value is -1.41. The molecule has 5 heteroatoms. The number of alkyl halides is 1. The Bertz CT molecular complexity index is 441. The van der Waals surface area contributed by atoms with Gasteiger partial charge in [0.1, 0.15) is 11.8 Å². The van der Waals surface area contributed by atoms with Gasteiger partial charge >= 0.3 is 0 Å². The van der Waals surface area contributed by atoms with Crippen molar-refractivity contribution in [3.63, 3.8) is 0 Å². The summed E-state index contributed by atoms with van der Waals surface area (Å²) in [6.07, 6.45) is 2.05. The van der Waals surface area contributed by atoms with E-state index < -0.39 is 0 Å². The highest BCUT2D eigenvalue weighted by Crippen LogP contribution is 2.24. The van der Waals surface area contributed by atoms with Crippen LogP contribution in [0.25, 0.3) is 0 Å². The normalized spacial score (nSPS) is 20.4. The molecule has 1 aromatic heterocycles. The molecule has 1 atom stereocenters. The molecule has 0 saturated carbocycles. The fourth-order valence-corrected chi connectivity index (χ4v) is 2.13. The first-order valence-corrected chi connectivity index (χ1v) is 5.43. The number of amides is 1. The van der Waals surface area contributed by atoms with E-state index in [2.05, 4.69) is 20.9 Å². The molecule has 15 heavy (non-hydrogen) atoms. The molecule has 0 aromatic carbocycles. The Morgan fingerprint density at radius 3 is 3.07 bits per heavy atom. The van der Waals surface area contributed by atoms with Crippen LogP contribution >= 0.6 is 15.9 Å². The van der Waals surface area contributed by atoms with Crippen molar-refractivity contribution in [2.24, 2.45) is 0 Å². The Morgan fingerprint density at radius 1 is 1.67 bits per heavy atom. The SMILES string of the molecule is N#Cc1cc(N2CC(Br)CC2=O)ccn1. The number of hydrogen-bond acceptors (Lipinski definition) is 3. The van der Waals surface area contributed by atoms with E-state index in [1.165, 1.54) is 0 Å². The minimum atomic E-state index is 0.0759. The van der Waals surface area contributed by atoms with Gasteiger partial charge in [-0.1, -0.05) is 15.9 Å². The van der Waals surface area contributed by atoms with Crippen molar-refractivity contribution >= 4 is 27.5 Å². The molecule has 1 aliphatic heterocycles. The van der Waals surface area contributed by atoms with E-state index in [9.17, 15) is 4.79 Å². The number of pyridine rings is 1. The van der Waals surface area contributed by atoms with Crippen LogP contribution in [0.3, 0.4) is 0 Å². The Balaban J connectivity index is 2.30. The molecule has 1 unspecified atom stereocenters. The zero-order valence-electron chi connectivity index (χ0n) is 7.85. The van der Waals surface area contributed by atoms with E-state index in [1.54, 1.807) is 23.2 Å². The lowest BCUT2D eigenvalue weighted by molar-refractivity contribution is -0.117. The number of hydrogen-bond donors (Lipinski definition) is 0. The molecule has 0 bridgehead atoms. The van der Waals surface area contributed by atoms with Gasteiger partial charge in [0.15, 0.2) is 0 Å². The molecule has 1 aromatic rings. The van der Waals surface area contributed by atoms with Crippen LogP contribution in [0.1, 0.15) is 12.1 Å². The van der Waals surface area contributed by atoms with Crippen molar-refractivity contribution in [3.8, 4) is 6.07 Å². The average Bonchev–Trinajstić information content (AvgIpc) is 2.58. The van der Waals surface area contributed by atoms with Gasteiger partial charge in [0, 0.05) is 29.7 Å². The summed E-state index contributed by atoms with van der Waals surface area (Å²) in [6.45, 7) is 0.647. The van der Waals surface area contributed by atoms with Crippen molar-refractivity contribution in [3.05, 3.63) is 24.0 Å². The summed E-state index contributed by atoms with van der Waals surface area (Å²) in [5.74, 6) is 0.0759. The second-order valence-electron chi connectivity index (χ2n) is 3.32. The maximum absolute atomic E-state index is 11.6. The van der Waals surface area contributed by atoms with Gasteiger partial charge in [-0.2, -0.15) is 5.26 Å². The van der Waals surface area contributed by atoms with E-state index in [4.69, 9.17) is 5.26 Å². The Labute approximate surface area is 95.7 Å². The number of anilines is 1. The number of carbonyl (C=O) groups is 1. The average molecular weight is 266 g/mol. The second-order valence-corrected chi connectivity index (χ2v) is 4.61. The summed E-state index contributed by atoms with van der Waals surface area (Å²) < 4.78 is 0. The van der Waals surface area contributed by atoms with Crippen LogP contribution in [0.5, 0.6) is 0 Å². The topological polar surface area (TPSA) is 57.0 Å². The summed E-state index contributed by atoms with van der Waals surface area (Å²) in [6, 6.07) is 5.32. The quantitative estimate of drug-likeness (QED) is 0.723. The highest BCUT2D eigenvalue weighted by atomic mass is 79.9. The highest BCUT2D eigenvalue weighted by molar-refractivity contribution is 9.09. The number of nitriles is 1. The minimum Gasteiger partial charge on any atom is -0.311 e. The molecule has 1 aliphatic rings. The van der Waals surface area contributed by atoms with Crippen molar-refractivity contribution in [2.75, 3.05) is 11.4 Å². The van der Waals surface area contributed by atoms with Gasteiger partial charge < -0.3 is 4.90 Å². The van der Waals surface area contributed by atoms with Gasteiger partial charge in [0.2, 0.25) is 5.91 Å². The van der Waals surface area contributed by atoms with Crippen LogP contribution in [-0.2, 0) is 4.79 Å². The summed E-state index contributed by atoms with van der Waals surface area (Å²) in [5, 5.41) is 8.70. The van der Waals surface area contributed by atoms with Crippen molar-refractivity contribution in [2.45, 2.75) is 11.2 Å². The molecule has 4 nitrogen and oxygen atoms in total. The molecular weight excluding hydrogens is 258 g/mol. The van der Waals surface area contributed by atoms with Crippen molar-refractivity contribution in [1.82, 2.24) is 4.98 Å². The summed E-state index contributed by atoms with van der Waals surface area (Å²) in [7, 11) is 0. The van der Waals surface area contributed by atoms with Gasteiger partial charge in [-0.05, 0) is 12.1 Å². The fraction of sp³-hybridized carbons (Fsp3) is 0.300. The van der Waals surface area contributed by atoms with Crippen molar-refractivity contribution < 1.29 is 4.79 Å². The molecular formula is C10H8BrN3O. The molecule has 0 spiro atoms. The first kappa shape index (κ1) is 10.1. The predicted octanol–water partition coefficient (Wildman–Crippen LogP) is 1.45. The summed E-state index contributed by atoms with van der Waals surface area (Å²) in [5.41, 5.74) is 1.08. The summed E-state index contributed by atoms with van der Waals surface area (Å²) in [4.78, 5) is 17.3. The van der Waals surface area contributed by atoms with Gasteiger partial charge in [0.25, 0.3) is 0 Å². The van der Waals surface area contributed by atoms with Gasteiger partial charge in [-0.3, -0.25) is 4.79 Å². The van der Waals surface area contributed by atoms with E-state index >= 15 is 0 Å². The zero-order chi connectivity index (χ0) is 10.8. The molecule has 0 radical (unpaired) electrons. The minimum absolute atomic E-state index is 0.0759. The van der Waals surface area contributed by atoms with E-state index in [-0.39, 0.29) is 10.7 Å². The monoisotopic (exact) mass is 265 g/mol. The molecule has 1 amide bonds. The number of carbonyl (C=O) groups excluding carboxylic acids is 1. The zero-order valence-corrected chi connectivity index (χ0v) is 9.44. The molecule has 0 aliphatic carbocycles. The fourth-order valence-electron chi connectivity index (χ4n) is 1.56.